The van der Waals surface area contributed by atoms with Crippen molar-refractivity contribution in [2.24, 2.45) is 0 Å². The van der Waals surface area contributed by atoms with Crippen molar-refractivity contribution in [1.82, 2.24) is 15.6 Å². The zero-order valence-corrected chi connectivity index (χ0v) is 10.6. The van der Waals surface area contributed by atoms with Gasteiger partial charge in [0.2, 0.25) is 11.8 Å². The second-order valence-electron chi connectivity index (χ2n) is 4.05. The highest BCUT2D eigenvalue weighted by atomic mass is 16.2. The van der Waals surface area contributed by atoms with Crippen LogP contribution in [0.2, 0.25) is 0 Å². The number of hydrogen-bond donors (Lipinski definition) is 2. The van der Waals surface area contributed by atoms with Gasteiger partial charge in [-0.15, -0.1) is 0 Å². The number of aromatic nitrogens is 1. The molecule has 0 atom stereocenters. The molecule has 0 aliphatic heterocycles. The molecule has 18 heavy (non-hydrogen) atoms. The lowest BCUT2D eigenvalue weighted by molar-refractivity contribution is -0.122. The van der Waals surface area contributed by atoms with Crippen LogP contribution in [0.5, 0.6) is 0 Å². The standard InChI is InChI=1S/C13H19N3O2/c1-11(17)15-8-9-16-13(18)6-2-4-12-5-3-7-14-10-12/h3,5,7,10H,2,4,6,8-9H2,1H3,(H,15,17)(H,16,18). The van der Waals surface area contributed by atoms with Crippen LogP contribution in [0.4, 0.5) is 0 Å². The summed E-state index contributed by atoms with van der Waals surface area (Å²) in [6, 6.07) is 3.89. The predicted molar refractivity (Wildman–Crippen MR) is 68.9 cm³/mol. The Kier molecular flexibility index (Phi) is 6.46. The number of carbonyl (C=O) groups excluding carboxylic acids is 2. The molecule has 0 radical (unpaired) electrons. The van der Waals surface area contributed by atoms with E-state index in [9.17, 15) is 9.59 Å². The highest BCUT2D eigenvalue weighted by Gasteiger charge is 2.01. The van der Waals surface area contributed by atoms with Gasteiger partial charge >= 0.3 is 0 Å². The Morgan fingerprint density at radius 2 is 2.06 bits per heavy atom. The van der Waals surface area contributed by atoms with Crippen LogP contribution in [-0.4, -0.2) is 29.9 Å². The molecule has 98 valence electrons. The quantitative estimate of drug-likeness (QED) is 0.697. The van der Waals surface area contributed by atoms with Crippen LogP contribution in [0.15, 0.2) is 24.5 Å². The molecule has 5 heteroatoms. The Bertz CT molecular complexity index is 379. The van der Waals surface area contributed by atoms with Gasteiger partial charge in [0.15, 0.2) is 0 Å². The predicted octanol–water partition coefficient (Wildman–Crippen LogP) is 0.657. The molecule has 0 saturated heterocycles. The van der Waals surface area contributed by atoms with Gasteiger partial charge in [0.25, 0.3) is 0 Å². The number of hydrogen-bond acceptors (Lipinski definition) is 3. The van der Waals surface area contributed by atoms with Gasteiger partial charge in [0.1, 0.15) is 0 Å². The minimum absolute atomic E-state index is 0.0178. The number of aryl methyl sites for hydroxylation is 1. The summed E-state index contributed by atoms with van der Waals surface area (Å²) in [5.74, 6) is -0.0648. The van der Waals surface area contributed by atoms with Gasteiger partial charge in [0, 0.05) is 38.8 Å². The molecule has 1 aromatic rings. The zero-order valence-electron chi connectivity index (χ0n) is 10.6. The summed E-state index contributed by atoms with van der Waals surface area (Å²) < 4.78 is 0. The first kappa shape index (κ1) is 14.2. The van der Waals surface area contributed by atoms with Crippen molar-refractivity contribution in [2.75, 3.05) is 13.1 Å². The molecule has 0 saturated carbocycles. The van der Waals surface area contributed by atoms with Crippen molar-refractivity contribution in [2.45, 2.75) is 26.2 Å². The molecule has 0 unspecified atom stereocenters. The van der Waals surface area contributed by atoms with Gasteiger partial charge in [-0.2, -0.15) is 0 Å². The molecular weight excluding hydrogens is 230 g/mol. The first-order valence-corrected chi connectivity index (χ1v) is 6.08. The average Bonchev–Trinajstić information content (AvgIpc) is 2.36. The Morgan fingerprint density at radius 1 is 1.28 bits per heavy atom. The summed E-state index contributed by atoms with van der Waals surface area (Å²) in [4.78, 5) is 26.0. The zero-order chi connectivity index (χ0) is 13.2. The molecule has 1 aromatic heterocycles. The topological polar surface area (TPSA) is 71.1 Å². The molecule has 0 fully saturated rings. The minimum atomic E-state index is -0.0826. The lowest BCUT2D eigenvalue weighted by atomic mass is 10.1. The molecule has 0 aliphatic rings. The maximum absolute atomic E-state index is 11.4. The molecule has 2 amide bonds. The minimum Gasteiger partial charge on any atom is -0.355 e. The van der Waals surface area contributed by atoms with E-state index in [2.05, 4.69) is 15.6 Å². The molecule has 2 N–H and O–H groups in total. The highest BCUT2D eigenvalue weighted by molar-refractivity contribution is 5.76. The molecule has 0 spiro atoms. The van der Waals surface area contributed by atoms with Gasteiger partial charge < -0.3 is 10.6 Å². The third kappa shape index (κ3) is 6.62. The summed E-state index contributed by atoms with van der Waals surface area (Å²) in [6.07, 6.45) is 5.70. The van der Waals surface area contributed by atoms with E-state index >= 15 is 0 Å². The molecule has 0 aromatic carbocycles. The largest absolute Gasteiger partial charge is 0.355 e. The maximum Gasteiger partial charge on any atom is 0.220 e. The number of nitrogens with one attached hydrogen (secondary N) is 2. The van der Waals surface area contributed by atoms with E-state index in [1.807, 2.05) is 18.3 Å². The third-order valence-electron chi connectivity index (χ3n) is 2.41. The van der Waals surface area contributed by atoms with Crippen molar-refractivity contribution in [3.63, 3.8) is 0 Å². The van der Waals surface area contributed by atoms with E-state index in [0.29, 0.717) is 19.5 Å². The lowest BCUT2D eigenvalue weighted by Crippen LogP contribution is -2.33. The van der Waals surface area contributed by atoms with E-state index in [1.54, 1.807) is 6.20 Å². The van der Waals surface area contributed by atoms with E-state index in [4.69, 9.17) is 0 Å². The summed E-state index contributed by atoms with van der Waals surface area (Å²) in [5.41, 5.74) is 1.14. The second kappa shape index (κ2) is 8.22. The first-order valence-electron chi connectivity index (χ1n) is 6.08. The van der Waals surface area contributed by atoms with Crippen molar-refractivity contribution in [3.05, 3.63) is 30.1 Å². The van der Waals surface area contributed by atoms with Crippen LogP contribution in [0.25, 0.3) is 0 Å². The van der Waals surface area contributed by atoms with E-state index in [0.717, 1.165) is 18.4 Å². The molecule has 1 rings (SSSR count). The van der Waals surface area contributed by atoms with Gasteiger partial charge in [-0.25, -0.2) is 0 Å². The monoisotopic (exact) mass is 249 g/mol. The van der Waals surface area contributed by atoms with Crippen LogP contribution < -0.4 is 10.6 Å². The van der Waals surface area contributed by atoms with Crippen LogP contribution in [0, 0.1) is 0 Å². The number of carbonyl (C=O) groups is 2. The summed E-state index contributed by atoms with van der Waals surface area (Å²) in [7, 11) is 0. The second-order valence-corrected chi connectivity index (χ2v) is 4.05. The van der Waals surface area contributed by atoms with Gasteiger partial charge in [-0.1, -0.05) is 6.07 Å². The van der Waals surface area contributed by atoms with Crippen molar-refractivity contribution in [1.29, 1.82) is 0 Å². The molecule has 5 nitrogen and oxygen atoms in total. The highest BCUT2D eigenvalue weighted by Crippen LogP contribution is 2.02. The van der Waals surface area contributed by atoms with E-state index in [1.165, 1.54) is 6.92 Å². The number of pyridine rings is 1. The Balaban J connectivity index is 2.05. The number of nitrogens with zero attached hydrogens (tertiary/aromatic N) is 1. The van der Waals surface area contributed by atoms with Gasteiger partial charge in [-0.05, 0) is 24.5 Å². The Morgan fingerprint density at radius 3 is 2.72 bits per heavy atom. The lowest BCUT2D eigenvalue weighted by Gasteiger charge is -2.05. The SMILES string of the molecule is CC(=O)NCCNC(=O)CCCc1cccnc1. The maximum atomic E-state index is 11.4. The number of rotatable bonds is 7. The van der Waals surface area contributed by atoms with E-state index in [-0.39, 0.29) is 11.8 Å². The van der Waals surface area contributed by atoms with Gasteiger partial charge in [0.05, 0.1) is 0 Å². The fourth-order valence-corrected chi connectivity index (χ4v) is 1.53. The summed E-state index contributed by atoms with van der Waals surface area (Å²) in [6.45, 7) is 2.41. The van der Waals surface area contributed by atoms with Crippen LogP contribution in [-0.2, 0) is 16.0 Å². The van der Waals surface area contributed by atoms with Crippen molar-refractivity contribution >= 4 is 11.8 Å². The van der Waals surface area contributed by atoms with Crippen LogP contribution in [0.3, 0.4) is 0 Å². The van der Waals surface area contributed by atoms with Gasteiger partial charge in [-0.3, -0.25) is 14.6 Å². The van der Waals surface area contributed by atoms with Crippen molar-refractivity contribution in [3.8, 4) is 0 Å². The normalized spacial score (nSPS) is 9.83. The Hall–Kier alpha value is -1.91. The first-order chi connectivity index (χ1) is 8.68. The number of amides is 2. The van der Waals surface area contributed by atoms with Crippen molar-refractivity contribution < 1.29 is 9.59 Å². The van der Waals surface area contributed by atoms with Crippen LogP contribution in [0.1, 0.15) is 25.3 Å². The van der Waals surface area contributed by atoms with Crippen LogP contribution >= 0.6 is 0 Å². The third-order valence-corrected chi connectivity index (χ3v) is 2.41. The fraction of sp³-hybridized carbons (Fsp3) is 0.462. The molecule has 0 bridgehead atoms. The molecular formula is C13H19N3O2. The smallest absolute Gasteiger partial charge is 0.220 e. The average molecular weight is 249 g/mol. The Labute approximate surface area is 107 Å². The van der Waals surface area contributed by atoms with E-state index < -0.39 is 0 Å². The summed E-state index contributed by atoms with van der Waals surface area (Å²) in [5, 5.41) is 5.38. The molecule has 0 aliphatic carbocycles. The fourth-order valence-electron chi connectivity index (χ4n) is 1.53. The molecule has 1 heterocycles. The summed E-state index contributed by atoms with van der Waals surface area (Å²) >= 11 is 0.